The van der Waals surface area contributed by atoms with Gasteiger partial charge in [-0.25, -0.2) is 0 Å². The third-order valence-corrected chi connectivity index (χ3v) is 3.86. The van der Waals surface area contributed by atoms with Crippen molar-refractivity contribution in [3.63, 3.8) is 0 Å². The molecule has 1 fully saturated rings. The Balaban J connectivity index is 0.00000264. The highest BCUT2D eigenvalue weighted by atomic mass is 35.5. The van der Waals surface area contributed by atoms with Gasteiger partial charge in [0.25, 0.3) is 5.91 Å². The van der Waals surface area contributed by atoms with E-state index < -0.39 is 5.41 Å². The van der Waals surface area contributed by atoms with Crippen LogP contribution in [0.1, 0.15) is 44.0 Å². The van der Waals surface area contributed by atoms with E-state index in [0.717, 1.165) is 12.8 Å². The fourth-order valence-corrected chi connectivity index (χ4v) is 2.21. The van der Waals surface area contributed by atoms with Gasteiger partial charge in [-0.2, -0.15) is 0 Å². The number of carbonyl (C=O) groups is 2. The molecule has 128 valence electrons. The van der Waals surface area contributed by atoms with Gasteiger partial charge in [-0.05, 0) is 30.9 Å². The van der Waals surface area contributed by atoms with Crippen molar-refractivity contribution >= 4 is 29.9 Å². The smallest absolute Gasteiger partial charge is 0.253 e. The van der Waals surface area contributed by atoms with Crippen LogP contribution in [0.15, 0.2) is 24.3 Å². The van der Waals surface area contributed by atoms with Crippen LogP contribution >= 0.6 is 12.4 Å². The van der Waals surface area contributed by atoms with Crippen LogP contribution in [-0.4, -0.2) is 24.4 Å². The van der Waals surface area contributed by atoms with Crippen LogP contribution < -0.4 is 16.4 Å². The maximum atomic E-state index is 12.5. The molecule has 2 amide bonds. The second kappa shape index (κ2) is 7.79. The fraction of sp³-hybridized carbons (Fsp3) is 0.529. The van der Waals surface area contributed by atoms with Crippen molar-refractivity contribution in [2.75, 3.05) is 11.9 Å². The van der Waals surface area contributed by atoms with Gasteiger partial charge >= 0.3 is 0 Å². The van der Waals surface area contributed by atoms with Crippen molar-refractivity contribution in [3.05, 3.63) is 29.8 Å². The molecule has 0 radical (unpaired) electrons. The Morgan fingerprint density at radius 1 is 1.26 bits per heavy atom. The van der Waals surface area contributed by atoms with E-state index in [1.807, 2.05) is 20.8 Å². The monoisotopic (exact) mass is 339 g/mol. The Morgan fingerprint density at radius 2 is 1.87 bits per heavy atom. The number of carbonyl (C=O) groups excluding carboxylic acids is 2. The molecule has 0 saturated heterocycles. The average Bonchev–Trinajstić information content (AvgIpc) is 3.28. The lowest BCUT2D eigenvalue weighted by molar-refractivity contribution is -0.123. The average molecular weight is 340 g/mol. The van der Waals surface area contributed by atoms with Crippen LogP contribution in [0, 0.1) is 11.3 Å². The van der Waals surface area contributed by atoms with Crippen LogP contribution in [0.3, 0.4) is 0 Å². The predicted molar refractivity (Wildman–Crippen MR) is 94.8 cm³/mol. The molecule has 1 aliphatic rings. The molecule has 0 spiro atoms. The minimum Gasteiger partial charge on any atom is -0.348 e. The fourth-order valence-electron chi connectivity index (χ4n) is 2.21. The SMILES string of the molecule is CC(C)(C)C(=O)Nc1ccccc1C(=O)NC(CN)C1CC1.Cl. The van der Waals surface area contributed by atoms with Gasteiger partial charge in [-0.3, -0.25) is 9.59 Å². The van der Waals surface area contributed by atoms with Crippen molar-refractivity contribution in [1.82, 2.24) is 5.32 Å². The second-order valence-corrected chi connectivity index (χ2v) is 6.90. The molecule has 1 aromatic rings. The van der Waals surface area contributed by atoms with E-state index in [1.54, 1.807) is 24.3 Å². The molecule has 23 heavy (non-hydrogen) atoms. The molecular weight excluding hydrogens is 314 g/mol. The van der Waals surface area contributed by atoms with Crippen molar-refractivity contribution in [2.24, 2.45) is 17.1 Å². The molecule has 1 saturated carbocycles. The zero-order chi connectivity index (χ0) is 16.3. The van der Waals surface area contributed by atoms with Crippen LogP contribution in [0.5, 0.6) is 0 Å². The van der Waals surface area contributed by atoms with E-state index in [-0.39, 0.29) is 30.3 Å². The molecule has 2 rings (SSSR count). The van der Waals surface area contributed by atoms with E-state index >= 15 is 0 Å². The molecule has 1 aliphatic carbocycles. The number of para-hydroxylation sites is 1. The van der Waals surface area contributed by atoms with E-state index in [9.17, 15) is 9.59 Å². The number of amides is 2. The van der Waals surface area contributed by atoms with Gasteiger partial charge in [0.15, 0.2) is 0 Å². The van der Waals surface area contributed by atoms with Crippen molar-refractivity contribution in [3.8, 4) is 0 Å². The minimum atomic E-state index is -0.516. The highest BCUT2D eigenvalue weighted by molar-refractivity contribution is 6.04. The van der Waals surface area contributed by atoms with Crippen LogP contribution in [0.2, 0.25) is 0 Å². The molecule has 4 N–H and O–H groups in total. The highest BCUT2D eigenvalue weighted by Crippen LogP contribution is 2.32. The minimum absolute atomic E-state index is 0. The summed E-state index contributed by atoms with van der Waals surface area (Å²) in [6.45, 7) is 5.95. The summed E-state index contributed by atoms with van der Waals surface area (Å²) in [5.74, 6) is 0.183. The number of nitrogens with two attached hydrogens (primary N) is 1. The maximum Gasteiger partial charge on any atom is 0.253 e. The maximum absolute atomic E-state index is 12.5. The summed E-state index contributed by atoms with van der Waals surface area (Å²) in [6, 6.07) is 7.06. The first-order chi connectivity index (χ1) is 10.3. The van der Waals surface area contributed by atoms with Gasteiger partial charge in [0.1, 0.15) is 0 Å². The topological polar surface area (TPSA) is 84.2 Å². The number of rotatable bonds is 5. The number of halogens is 1. The third kappa shape index (κ3) is 5.22. The van der Waals surface area contributed by atoms with E-state index in [1.165, 1.54) is 0 Å². The summed E-state index contributed by atoms with van der Waals surface area (Å²) in [4.78, 5) is 24.6. The summed E-state index contributed by atoms with van der Waals surface area (Å²) < 4.78 is 0. The summed E-state index contributed by atoms with van der Waals surface area (Å²) in [5.41, 5.74) is 6.22. The van der Waals surface area contributed by atoms with Gasteiger partial charge in [-0.1, -0.05) is 32.9 Å². The van der Waals surface area contributed by atoms with Crippen molar-refractivity contribution in [1.29, 1.82) is 0 Å². The first-order valence-electron chi connectivity index (χ1n) is 7.74. The summed E-state index contributed by atoms with van der Waals surface area (Å²) in [7, 11) is 0. The van der Waals surface area contributed by atoms with Crippen LogP contribution in [0.4, 0.5) is 5.69 Å². The number of benzene rings is 1. The van der Waals surface area contributed by atoms with Gasteiger partial charge in [0.05, 0.1) is 11.3 Å². The summed E-state index contributed by atoms with van der Waals surface area (Å²) >= 11 is 0. The predicted octanol–water partition coefficient (Wildman–Crippen LogP) is 2.56. The van der Waals surface area contributed by atoms with Gasteiger partial charge < -0.3 is 16.4 Å². The molecule has 1 aromatic carbocycles. The van der Waals surface area contributed by atoms with Gasteiger partial charge in [-0.15, -0.1) is 12.4 Å². The lowest BCUT2D eigenvalue weighted by Crippen LogP contribution is -2.42. The molecule has 0 bridgehead atoms. The number of hydrogen-bond donors (Lipinski definition) is 3. The molecule has 1 unspecified atom stereocenters. The third-order valence-electron chi connectivity index (χ3n) is 3.86. The molecule has 0 heterocycles. The molecule has 0 aromatic heterocycles. The van der Waals surface area contributed by atoms with Gasteiger partial charge in [0, 0.05) is 18.0 Å². The molecule has 6 heteroatoms. The zero-order valence-corrected chi connectivity index (χ0v) is 14.7. The lowest BCUT2D eigenvalue weighted by atomic mass is 9.95. The lowest BCUT2D eigenvalue weighted by Gasteiger charge is -2.20. The highest BCUT2D eigenvalue weighted by Gasteiger charge is 2.32. The summed E-state index contributed by atoms with van der Waals surface area (Å²) in [6.07, 6.45) is 2.23. The number of hydrogen-bond acceptors (Lipinski definition) is 3. The first kappa shape index (κ1) is 19.5. The van der Waals surface area contributed by atoms with E-state index in [4.69, 9.17) is 5.73 Å². The largest absolute Gasteiger partial charge is 0.348 e. The van der Waals surface area contributed by atoms with E-state index in [0.29, 0.717) is 23.7 Å². The second-order valence-electron chi connectivity index (χ2n) is 6.90. The van der Waals surface area contributed by atoms with Crippen LogP contribution in [0.25, 0.3) is 0 Å². The zero-order valence-electron chi connectivity index (χ0n) is 13.9. The molecular formula is C17H26ClN3O2. The molecule has 0 aliphatic heterocycles. The molecule has 5 nitrogen and oxygen atoms in total. The Hall–Kier alpha value is -1.59. The Kier molecular flexibility index (Phi) is 6.59. The number of nitrogens with one attached hydrogen (secondary N) is 2. The first-order valence-corrected chi connectivity index (χ1v) is 7.74. The van der Waals surface area contributed by atoms with Gasteiger partial charge in [0.2, 0.25) is 5.91 Å². The summed E-state index contributed by atoms with van der Waals surface area (Å²) in [5, 5.41) is 5.82. The number of anilines is 1. The quantitative estimate of drug-likeness (QED) is 0.770. The molecule has 1 atom stereocenters. The van der Waals surface area contributed by atoms with Crippen molar-refractivity contribution < 1.29 is 9.59 Å². The van der Waals surface area contributed by atoms with Crippen molar-refractivity contribution in [2.45, 2.75) is 39.7 Å². The Bertz CT molecular complexity index is 565. The normalized spacial score (nSPS) is 15.3. The van der Waals surface area contributed by atoms with Crippen LogP contribution in [-0.2, 0) is 4.79 Å². The van der Waals surface area contributed by atoms with E-state index in [2.05, 4.69) is 10.6 Å². The standard InChI is InChI=1S/C17H25N3O2.ClH/c1-17(2,3)16(22)20-13-7-5-4-6-12(13)15(21)19-14(10-18)11-8-9-11;/h4-7,11,14H,8-10,18H2,1-3H3,(H,19,21)(H,20,22);1H. The Labute approximate surface area is 143 Å². The Morgan fingerprint density at radius 3 is 2.39 bits per heavy atom.